The number of ether oxygens (including phenoxy) is 1. The van der Waals surface area contributed by atoms with Crippen molar-refractivity contribution >= 4 is 33.2 Å². The summed E-state index contributed by atoms with van der Waals surface area (Å²) in [6, 6.07) is 12.3. The fraction of sp³-hybridized carbons (Fsp3) is 0.294. The van der Waals surface area contributed by atoms with E-state index in [0.29, 0.717) is 11.6 Å². The van der Waals surface area contributed by atoms with E-state index in [0.717, 1.165) is 28.9 Å². The van der Waals surface area contributed by atoms with Crippen molar-refractivity contribution < 1.29 is 4.74 Å². The topological polar surface area (TPSA) is 21.3 Å². The molecule has 0 heterocycles. The SMILES string of the molecule is CCOc1c(Br)cc(Cl)cc1NCc1ccc(CC)cc1. The van der Waals surface area contributed by atoms with E-state index < -0.39 is 0 Å². The Labute approximate surface area is 139 Å². The average molecular weight is 369 g/mol. The summed E-state index contributed by atoms with van der Waals surface area (Å²) in [5, 5.41) is 4.07. The van der Waals surface area contributed by atoms with Crippen molar-refractivity contribution in [2.24, 2.45) is 0 Å². The first-order chi connectivity index (χ1) is 10.1. The van der Waals surface area contributed by atoms with Crippen LogP contribution in [0.1, 0.15) is 25.0 Å². The molecular formula is C17H19BrClNO. The molecule has 2 aromatic carbocycles. The van der Waals surface area contributed by atoms with Crippen LogP contribution in [0.5, 0.6) is 5.75 Å². The Morgan fingerprint density at radius 1 is 1.10 bits per heavy atom. The van der Waals surface area contributed by atoms with E-state index in [9.17, 15) is 0 Å². The lowest BCUT2D eigenvalue weighted by Crippen LogP contribution is -2.03. The molecule has 0 aliphatic heterocycles. The minimum atomic E-state index is 0.611. The fourth-order valence-corrected chi connectivity index (χ4v) is 3.00. The highest BCUT2D eigenvalue weighted by atomic mass is 79.9. The molecule has 0 aromatic heterocycles. The van der Waals surface area contributed by atoms with Crippen LogP contribution in [0.25, 0.3) is 0 Å². The lowest BCUT2D eigenvalue weighted by Gasteiger charge is -2.15. The van der Waals surface area contributed by atoms with Crippen LogP contribution in [0.15, 0.2) is 40.9 Å². The number of benzene rings is 2. The van der Waals surface area contributed by atoms with Gasteiger partial charge in [0.05, 0.1) is 16.8 Å². The number of anilines is 1. The molecule has 0 bridgehead atoms. The highest BCUT2D eigenvalue weighted by Gasteiger charge is 2.10. The van der Waals surface area contributed by atoms with Crippen LogP contribution < -0.4 is 10.1 Å². The van der Waals surface area contributed by atoms with Crippen LogP contribution in [0.3, 0.4) is 0 Å². The van der Waals surface area contributed by atoms with Crippen molar-refractivity contribution in [3.8, 4) is 5.75 Å². The van der Waals surface area contributed by atoms with Crippen LogP contribution in [-0.2, 0) is 13.0 Å². The summed E-state index contributed by atoms with van der Waals surface area (Å²) in [5.74, 6) is 0.798. The van der Waals surface area contributed by atoms with Gasteiger partial charge in [0.2, 0.25) is 0 Å². The summed E-state index contributed by atoms with van der Waals surface area (Å²) >= 11 is 9.61. The predicted octanol–water partition coefficient (Wildman–Crippen LogP) is 5.68. The maximum Gasteiger partial charge on any atom is 0.156 e. The van der Waals surface area contributed by atoms with E-state index >= 15 is 0 Å². The van der Waals surface area contributed by atoms with Crippen LogP contribution >= 0.6 is 27.5 Å². The van der Waals surface area contributed by atoms with Gasteiger partial charge in [-0.1, -0.05) is 42.8 Å². The van der Waals surface area contributed by atoms with Crippen molar-refractivity contribution in [1.29, 1.82) is 0 Å². The second-order valence-corrected chi connectivity index (χ2v) is 6.01. The Kier molecular flexibility index (Phi) is 5.95. The van der Waals surface area contributed by atoms with Crippen LogP contribution in [0, 0.1) is 0 Å². The van der Waals surface area contributed by atoms with E-state index in [1.165, 1.54) is 11.1 Å². The Balaban J connectivity index is 2.14. The molecule has 0 saturated heterocycles. The van der Waals surface area contributed by atoms with Crippen molar-refractivity contribution in [3.63, 3.8) is 0 Å². The van der Waals surface area contributed by atoms with Crippen molar-refractivity contribution in [1.82, 2.24) is 0 Å². The number of nitrogens with one attached hydrogen (secondary N) is 1. The van der Waals surface area contributed by atoms with E-state index in [-0.39, 0.29) is 0 Å². The van der Waals surface area contributed by atoms with E-state index in [4.69, 9.17) is 16.3 Å². The largest absolute Gasteiger partial charge is 0.491 e. The third-order valence-corrected chi connectivity index (χ3v) is 4.02. The average Bonchev–Trinajstić information content (AvgIpc) is 2.48. The molecular weight excluding hydrogens is 350 g/mol. The first kappa shape index (κ1) is 16.2. The number of hydrogen-bond acceptors (Lipinski definition) is 2. The Bertz CT molecular complexity index is 598. The summed E-state index contributed by atoms with van der Waals surface area (Å²) in [7, 11) is 0. The van der Waals surface area contributed by atoms with E-state index in [2.05, 4.69) is 52.4 Å². The predicted molar refractivity (Wildman–Crippen MR) is 93.5 cm³/mol. The summed E-state index contributed by atoms with van der Waals surface area (Å²) in [5.41, 5.74) is 3.47. The molecule has 0 aliphatic carbocycles. The number of rotatable bonds is 6. The molecule has 0 aliphatic rings. The standard InChI is InChI=1S/C17H19BrClNO/c1-3-12-5-7-13(8-6-12)11-20-16-10-14(19)9-15(18)17(16)21-4-2/h5-10,20H,3-4,11H2,1-2H3. The normalized spacial score (nSPS) is 10.5. The van der Waals surface area contributed by atoms with E-state index in [1.807, 2.05) is 19.1 Å². The molecule has 4 heteroatoms. The molecule has 0 amide bonds. The minimum Gasteiger partial charge on any atom is -0.491 e. The summed E-state index contributed by atoms with van der Waals surface area (Å²) in [6.07, 6.45) is 1.06. The Morgan fingerprint density at radius 2 is 1.76 bits per heavy atom. The minimum absolute atomic E-state index is 0.611. The Morgan fingerprint density at radius 3 is 2.38 bits per heavy atom. The second kappa shape index (κ2) is 7.71. The molecule has 0 spiro atoms. The molecule has 0 saturated carbocycles. The lowest BCUT2D eigenvalue weighted by molar-refractivity contribution is 0.339. The van der Waals surface area contributed by atoms with Gasteiger partial charge in [-0.3, -0.25) is 0 Å². The van der Waals surface area contributed by atoms with Crippen molar-refractivity contribution in [2.75, 3.05) is 11.9 Å². The van der Waals surface area contributed by atoms with Gasteiger partial charge in [-0.25, -0.2) is 0 Å². The first-order valence-electron chi connectivity index (χ1n) is 7.07. The van der Waals surface area contributed by atoms with Gasteiger partial charge in [-0.15, -0.1) is 0 Å². The van der Waals surface area contributed by atoms with Gasteiger partial charge in [0.25, 0.3) is 0 Å². The molecule has 21 heavy (non-hydrogen) atoms. The highest BCUT2D eigenvalue weighted by molar-refractivity contribution is 9.10. The second-order valence-electron chi connectivity index (χ2n) is 4.72. The third kappa shape index (κ3) is 4.39. The maximum atomic E-state index is 6.12. The molecule has 1 N–H and O–H groups in total. The molecule has 2 rings (SSSR count). The van der Waals surface area contributed by atoms with Gasteiger partial charge in [-0.2, -0.15) is 0 Å². The fourth-order valence-electron chi connectivity index (χ4n) is 2.07. The summed E-state index contributed by atoms with van der Waals surface area (Å²) < 4.78 is 6.54. The molecule has 0 atom stereocenters. The van der Waals surface area contributed by atoms with Gasteiger partial charge in [0, 0.05) is 11.6 Å². The molecule has 2 nitrogen and oxygen atoms in total. The van der Waals surface area contributed by atoms with Gasteiger partial charge in [0.15, 0.2) is 5.75 Å². The smallest absolute Gasteiger partial charge is 0.156 e. The Hall–Kier alpha value is -1.19. The number of hydrogen-bond donors (Lipinski definition) is 1. The zero-order chi connectivity index (χ0) is 15.2. The van der Waals surface area contributed by atoms with Crippen LogP contribution in [-0.4, -0.2) is 6.61 Å². The first-order valence-corrected chi connectivity index (χ1v) is 8.24. The van der Waals surface area contributed by atoms with Crippen LogP contribution in [0.4, 0.5) is 5.69 Å². The number of halogens is 2. The zero-order valence-corrected chi connectivity index (χ0v) is 14.6. The van der Waals surface area contributed by atoms with Gasteiger partial charge >= 0.3 is 0 Å². The van der Waals surface area contributed by atoms with Gasteiger partial charge in [0.1, 0.15) is 0 Å². The number of aryl methyl sites for hydroxylation is 1. The maximum absolute atomic E-state index is 6.12. The quantitative estimate of drug-likeness (QED) is 0.708. The van der Waals surface area contributed by atoms with Gasteiger partial charge < -0.3 is 10.1 Å². The summed E-state index contributed by atoms with van der Waals surface area (Å²) in [4.78, 5) is 0. The lowest BCUT2D eigenvalue weighted by atomic mass is 10.1. The monoisotopic (exact) mass is 367 g/mol. The van der Waals surface area contributed by atoms with Crippen LogP contribution in [0.2, 0.25) is 5.02 Å². The molecule has 0 fully saturated rings. The highest BCUT2D eigenvalue weighted by Crippen LogP contribution is 2.36. The van der Waals surface area contributed by atoms with Gasteiger partial charge in [-0.05, 0) is 52.5 Å². The zero-order valence-electron chi connectivity index (χ0n) is 12.2. The van der Waals surface area contributed by atoms with E-state index in [1.54, 1.807) is 0 Å². The van der Waals surface area contributed by atoms with Crippen molar-refractivity contribution in [3.05, 3.63) is 57.0 Å². The molecule has 0 radical (unpaired) electrons. The summed E-state index contributed by atoms with van der Waals surface area (Å²) in [6.45, 7) is 5.47. The molecule has 0 unspecified atom stereocenters. The molecule has 2 aromatic rings. The van der Waals surface area contributed by atoms with Crippen molar-refractivity contribution in [2.45, 2.75) is 26.8 Å². The molecule has 112 valence electrons. The third-order valence-electron chi connectivity index (χ3n) is 3.21.